The number of carbonyl (C=O) groups is 4. The van der Waals surface area contributed by atoms with Crippen molar-refractivity contribution in [1.29, 1.82) is 5.41 Å². The van der Waals surface area contributed by atoms with Gasteiger partial charge in [0.2, 0.25) is 11.8 Å². The minimum absolute atomic E-state index is 0. The van der Waals surface area contributed by atoms with E-state index >= 15 is 0 Å². The number of halogens is 1. The van der Waals surface area contributed by atoms with Crippen molar-refractivity contribution < 1.29 is 23.9 Å². The molecule has 1 unspecified atom stereocenters. The molecule has 0 radical (unpaired) electrons. The molecule has 1 aromatic carbocycles. The first kappa shape index (κ1) is 33.8. The highest BCUT2D eigenvalue weighted by Gasteiger charge is 2.40. The lowest BCUT2D eigenvalue weighted by atomic mass is 9.94. The number of carbonyl (C=O) groups excluding carboxylic acids is 4. The third-order valence-electron chi connectivity index (χ3n) is 7.46. The summed E-state index contributed by atoms with van der Waals surface area (Å²) in [5.41, 5.74) is 6.69. The van der Waals surface area contributed by atoms with Crippen LogP contribution in [-0.4, -0.2) is 86.5 Å². The summed E-state index contributed by atoms with van der Waals surface area (Å²) < 4.78 is 4.88. The average molecular weight is 594 g/mol. The summed E-state index contributed by atoms with van der Waals surface area (Å²) in [6.07, 6.45) is 5.68. The van der Waals surface area contributed by atoms with Crippen LogP contribution in [0.15, 0.2) is 30.3 Å². The summed E-state index contributed by atoms with van der Waals surface area (Å²) >= 11 is 0. The average Bonchev–Trinajstić information content (AvgIpc) is 3.25. The molecule has 0 bridgehead atoms. The summed E-state index contributed by atoms with van der Waals surface area (Å²) in [6.45, 7) is 3.03. The molecule has 0 spiro atoms. The van der Waals surface area contributed by atoms with Crippen LogP contribution < -0.4 is 27.0 Å². The first-order valence-electron chi connectivity index (χ1n) is 14.1. The standard InChI is InChI=1S/C28H43N7O5.ClH/c1-40-27(38)21(16-19-10-5-4-6-11-19)33-28(39)34-23(26(37)35-14-7-2-3-8-15-35)22(24(29)30)25(36)32-18-20-12-9-13-31-17-20;/h4-6,10-11,20-23,31H,2-3,7-9,12-18H2,1H3,(H3,29,30)(H,32,36)(H2,33,34,39);1H/t20?,21-,22+,23+;/m1./s1. The molecule has 2 aliphatic heterocycles. The normalized spacial score (nSPS) is 19.2. The van der Waals surface area contributed by atoms with Crippen molar-refractivity contribution in [2.75, 3.05) is 39.8 Å². The molecule has 2 heterocycles. The van der Waals surface area contributed by atoms with E-state index in [1.807, 2.05) is 30.3 Å². The van der Waals surface area contributed by atoms with Crippen LogP contribution in [0.3, 0.4) is 0 Å². The van der Waals surface area contributed by atoms with Crippen LogP contribution >= 0.6 is 12.4 Å². The van der Waals surface area contributed by atoms with Crippen molar-refractivity contribution in [2.45, 2.75) is 57.0 Å². The monoisotopic (exact) mass is 593 g/mol. The highest BCUT2D eigenvalue weighted by molar-refractivity contribution is 6.07. The van der Waals surface area contributed by atoms with Crippen molar-refractivity contribution in [1.82, 2.24) is 26.2 Å². The number of ether oxygens (including phenoxy) is 1. The maximum atomic E-state index is 13.8. The minimum Gasteiger partial charge on any atom is -0.467 e. The SMILES string of the molecule is COC(=O)[C@@H](Cc1ccccc1)NC(=O)N[C@H](C(=O)N1CCCCCC1)[C@@H](C(=N)N)C(=O)NCC1CCCNC1.Cl. The number of nitrogens with one attached hydrogen (secondary N) is 5. The van der Waals surface area contributed by atoms with Crippen LogP contribution in [0, 0.1) is 17.2 Å². The molecule has 0 aromatic heterocycles. The largest absolute Gasteiger partial charge is 0.467 e. The van der Waals surface area contributed by atoms with Gasteiger partial charge in [0, 0.05) is 26.1 Å². The molecule has 41 heavy (non-hydrogen) atoms. The van der Waals surface area contributed by atoms with Crippen LogP contribution in [0.25, 0.3) is 0 Å². The lowest BCUT2D eigenvalue weighted by Gasteiger charge is -2.32. The van der Waals surface area contributed by atoms with E-state index in [0.717, 1.165) is 57.2 Å². The molecule has 228 valence electrons. The second-order valence-corrected chi connectivity index (χ2v) is 10.5. The molecule has 2 fully saturated rings. The topological polar surface area (TPSA) is 179 Å². The van der Waals surface area contributed by atoms with Crippen molar-refractivity contribution in [3.63, 3.8) is 0 Å². The Kier molecular flexibility index (Phi) is 14.4. The van der Waals surface area contributed by atoms with Crippen LogP contribution in [0.5, 0.6) is 0 Å². The van der Waals surface area contributed by atoms with Crippen LogP contribution in [0.2, 0.25) is 0 Å². The van der Waals surface area contributed by atoms with Gasteiger partial charge in [0.05, 0.1) is 7.11 Å². The lowest BCUT2D eigenvalue weighted by molar-refractivity contribution is -0.142. The number of urea groups is 1. The number of amidine groups is 1. The van der Waals surface area contributed by atoms with E-state index in [0.29, 0.717) is 19.6 Å². The fraction of sp³-hybridized carbons (Fsp3) is 0.607. The van der Waals surface area contributed by atoms with Gasteiger partial charge in [-0.25, -0.2) is 9.59 Å². The van der Waals surface area contributed by atoms with Gasteiger partial charge in [-0.3, -0.25) is 15.0 Å². The fourth-order valence-electron chi connectivity index (χ4n) is 5.23. The van der Waals surface area contributed by atoms with Crippen molar-refractivity contribution in [3.05, 3.63) is 35.9 Å². The first-order valence-corrected chi connectivity index (χ1v) is 14.1. The third-order valence-corrected chi connectivity index (χ3v) is 7.46. The van der Waals surface area contributed by atoms with Gasteiger partial charge in [-0.2, -0.15) is 0 Å². The quantitative estimate of drug-likeness (QED) is 0.125. The number of amides is 4. The van der Waals surface area contributed by atoms with E-state index in [4.69, 9.17) is 15.9 Å². The van der Waals surface area contributed by atoms with Crippen LogP contribution in [0.1, 0.15) is 44.1 Å². The van der Waals surface area contributed by atoms with Gasteiger partial charge < -0.3 is 36.6 Å². The zero-order valence-electron chi connectivity index (χ0n) is 23.7. The Morgan fingerprint density at radius 3 is 2.34 bits per heavy atom. The van der Waals surface area contributed by atoms with Crippen molar-refractivity contribution in [2.24, 2.45) is 17.6 Å². The highest BCUT2D eigenvalue weighted by atomic mass is 35.5. The molecule has 7 N–H and O–H groups in total. The third kappa shape index (κ3) is 10.5. The van der Waals surface area contributed by atoms with Gasteiger partial charge in [-0.1, -0.05) is 43.2 Å². The maximum Gasteiger partial charge on any atom is 0.328 e. The number of piperidine rings is 1. The molecule has 1 aromatic rings. The number of nitrogens with two attached hydrogens (primary N) is 1. The molecule has 2 aliphatic rings. The number of hydrogen-bond acceptors (Lipinski definition) is 7. The summed E-state index contributed by atoms with van der Waals surface area (Å²) in [5, 5.41) is 19.5. The highest BCUT2D eigenvalue weighted by Crippen LogP contribution is 2.16. The molecule has 2 saturated heterocycles. The van der Waals surface area contributed by atoms with E-state index in [1.165, 1.54) is 7.11 Å². The van der Waals surface area contributed by atoms with Gasteiger partial charge in [-0.15, -0.1) is 12.4 Å². The van der Waals surface area contributed by atoms with Gasteiger partial charge in [0.25, 0.3) is 0 Å². The van der Waals surface area contributed by atoms with Gasteiger partial charge in [-0.05, 0) is 50.3 Å². The predicted octanol–water partition coefficient (Wildman–Crippen LogP) is 0.931. The predicted molar refractivity (Wildman–Crippen MR) is 158 cm³/mol. The zero-order valence-corrected chi connectivity index (χ0v) is 24.5. The van der Waals surface area contributed by atoms with Crippen LogP contribution in [0.4, 0.5) is 4.79 Å². The number of benzene rings is 1. The van der Waals surface area contributed by atoms with Crippen LogP contribution in [-0.2, 0) is 25.5 Å². The van der Waals surface area contributed by atoms with E-state index in [2.05, 4.69) is 21.3 Å². The van der Waals surface area contributed by atoms with Gasteiger partial charge in [0.1, 0.15) is 23.8 Å². The summed E-state index contributed by atoms with van der Waals surface area (Å²) in [6, 6.07) is 5.82. The van der Waals surface area contributed by atoms with Gasteiger partial charge in [0.15, 0.2) is 0 Å². The number of likely N-dealkylation sites (tertiary alicyclic amines) is 1. The molecule has 3 rings (SSSR count). The smallest absolute Gasteiger partial charge is 0.328 e. The molecular weight excluding hydrogens is 550 g/mol. The fourth-order valence-corrected chi connectivity index (χ4v) is 5.23. The summed E-state index contributed by atoms with van der Waals surface area (Å²) in [7, 11) is 1.23. The molecule has 4 atom stereocenters. The Balaban J connectivity index is 0.00000588. The molecule has 13 heteroatoms. The number of rotatable bonds is 11. The van der Waals surface area contributed by atoms with E-state index in [-0.39, 0.29) is 24.7 Å². The Morgan fingerprint density at radius 1 is 1.07 bits per heavy atom. The van der Waals surface area contributed by atoms with E-state index in [9.17, 15) is 19.2 Å². The number of esters is 1. The number of methoxy groups -OCH3 is 1. The molecule has 0 aliphatic carbocycles. The van der Waals surface area contributed by atoms with E-state index in [1.54, 1.807) is 4.90 Å². The second-order valence-electron chi connectivity index (χ2n) is 10.5. The Hall–Kier alpha value is -3.38. The van der Waals surface area contributed by atoms with Crippen molar-refractivity contribution in [3.8, 4) is 0 Å². The minimum atomic E-state index is -1.42. The second kappa shape index (κ2) is 17.4. The Morgan fingerprint density at radius 2 is 1.76 bits per heavy atom. The van der Waals surface area contributed by atoms with E-state index < -0.39 is 47.7 Å². The summed E-state index contributed by atoms with van der Waals surface area (Å²) in [5.74, 6) is -3.45. The molecule has 0 saturated carbocycles. The summed E-state index contributed by atoms with van der Waals surface area (Å²) in [4.78, 5) is 54.4. The zero-order chi connectivity index (χ0) is 28.9. The Bertz CT molecular complexity index is 1010. The van der Waals surface area contributed by atoms with Crippen molar-refractivity contribution >= 4 is 42.1 Å². The Labute approximate surface area is 247 Å². The number of nitrogens with zero attached hydrogens (tertiary/aromatic N) is 1. The number of hydrogen-bond donors (Lipinski definition) is 6. The van der Waals surface area contributed by atoms with Gasteiger partial charge >= 0.3 is 12.0 Å². The molecule has 12 nitrogen and oxygen atoms in total. The maximum absolute atomic E-state index is 13.8. The molecular formula is C28H44ClN7O5. The first-order chi connectivity index (χ1) is 19.3. The lowest BCUT2D eigenvalue weighted by Crippen LogP contribution is -2.61. The molecule has 4 amide bonds.